The van der Waals surface area contributed by atoms with E-state index in [-0.39, 0.29) is 12.5 Å². The summed E-state index contributed by atoms with van der Waals surface area (Å²) in [7, 11) is 0. The second-order valence-corrected chi connectivity index (χ2v) is 8.30. The van der Waals surface area contributed by atoms with Crippen molar-refractivity contribution in [3.63, 3.8) is 0 Å². The lowest BCUT2D eigenvalue weighted by Crippen LogP contribution is -2.17. The molecule has 5 rings (SSSR count). The molecule has 144 valence electrons. The molecule has 0 spiro atoms. The third kappa shape index (κ3) is 2.89. The van der Waals surface area contributed by atoms with Crippen LogP contribution in [-0.4, -0.2) is 11.7 Å². The van der Waals surface area contributed by atoms with Gasteiger partial charge < -0.3 is 5.11 Å². The predicted molar refractivity (Wildman–Crippen MR) is 121 cm³/mol. The highest BCUT2D eigenvalue weighted by molar-refractivity contribution is 5.78. The average molecular weight is 379 g/mol. The van der Waals surface area contributed by atoms with Gasteiger partial charge in [0.05, 0.1) is 0 Å². The van der Waals surface area contributed by atoms with Crippen LogP contribution in [0.25, 0.3) is 17.2 Å². The minimum absolute atomic E-state index is 0.237. The molecule has 0 saturated carbocycles. The molecule has 0 aliphatic heterocycles. The number of benzene rings is 3. The molecule has 0 saturated heterocycles. The molecule has 1 N–H and O–H groups in total. The zero-order chi connectivity index (χ0) is 20.0. The first-order valence-corrected chi connectivity index (χ1v) is 10.5. The molecule has 0 heterocycles. The maximum absolute atomic E-state index is 9.37. The third-order valence-electron chi connectivity index (χ3n) is 6.30. The minimum atomic E-state index is 0.237. The average Bonchev–Trinajstić information content (AvgIpc) is 3.30. The summed E-state index contributed by atoms with van der Waals surface area (Å²) < 4.78 is 0. The molecule has 0 aromatic heterocycles. The summed E-state index contributed by atoms with van der Waals surface area (Å²) in [5.74, 6) is 0.255. The molecular weight excluding hydrogens is 352 g/mol. The van der Waals surface area contributed by atoms with Crippen LogP contribution in [0, 0.1) is 10.4 Å². The van der Waals surface area contributed by atoms with E-state index >= 15 is 0 Å². The molecule has 0 bridgehead atoms. The summed E-state index contributed by atoms with van der Waals surface area (Å²) in [6, 6.07) is 22.1. The minimum Gasteiger partial charge on any atom is -0.396 e. The highest BCUT2D eigenvalue weighted by atomic mass is 16.2. The topological polar surface area (TPSA) is 20.2 Å². The lowest BCUT2D eigenvalue weighted by atomic mass is 9.86. The number of hydrogen-bond acceptors (Lipinski definition) is 1. The molecule has 1 atom stereocenters. The van der Waals surface area contributed by atoms with Crippen molar-refractivity contribution in [3.05, 3.63) is 110 Å². The first kappa shape index (κ1) is 18.1. The van der Waals surface area contributed by atoms with Gasteiger partial charge >= 0.3 is 0 Å². The maximum atomic E-state index is 9.37. The van der Waals surface area contributed by atoms with E-state index in [1.165, 1.54) is 54.3 Å². The van der Waals surface area contributed by atoms with Gasteiger partial charge in [-0.15, -0.1) is 0 Å². The van der Waals surface area contributed by atoms with Crippen LogP contribution in [0.5, 0.6) is 0 Å². The lowest BCUT2D eigenvalue weighted by molar-refractivity contribution is 0.290. The van der Waals surface area contributed by atoms with Crippen molar-refractivity contribution in [1.29, 1.82) is 0 Å². The standard InChI is InChI=1S/C28H26O/c1-18(2)21-13-14-25-23-10-4-3-8-19(23)16-27(25)28(21)26-17-20(9-7-15-29)22-11-5-6-12-24(22)26/h3-6,8,10-14,16-17,26,29H,7,9,15H2,1-2H3. The Morgan fingerprint density at radius 3 is 2.52 bits per heavy atom. The highest BCUT2D eigenvalue weighted by Gasteiger charge is 2.27. The summed E-state index contributed by atoms with van der Waals surface area (Å²) >= 11 is 0. The molecule has 0 fully saturated rings. The molecule has 1 unspecified atom stereocenters. The fourth-order valence-electron chi connectivity index (χ4n) is 4.99. The number of aliphatic hydroxyl groups is 1. The largest absolute Gasteiger partial charge is 0.396 e. The fraction of sp³-hybridized carbons (Fsp3) is 0.214. The van der Waals surface area contributed by atoms with Gasteiger partial charge in [-0.25, -0.2) is 0 Å². The molecule has 3 aromatic carbocycles. The summed E-state index contributed by atoms with van der Waals surface area (Å²) in [6.07, 6.45) is 6.55. The van der Waals surface area contributed by atoms with Crippen LogP contribution in [0.3, 0.4) is 0 Å². The molecule has 0 amide bonds. The molecule has 2 aliphatic rings. The smallest absolute Gasteiger partial charge is 0.0434 e. The van der Waals surface area contributed by atoms with Gasteiger partial charge in [-0.2, -0.15) is 0 Å². The summed E-state index contributed by atoms with van der Waals surface area (Å²) in [4.78, 5) is 0. The van der Waals surface area contributed by atoms with Crippen LogP contribution in [0.1, 0.15) is 54.9 Å². The second kappa shape index (κ2) is 7.17. The summed E-state index contributed by atoms with van der Waals surface area (Å²) in [6.45, 7) is 4.66. The van der Waals surface area contributed by atoms with E-state index in [0.29, 0.717) is 0 Å². The van der Waals surface area contributed by atoms with Crippen LogP contribution in [0.2, 0.25) is 0 Å². The molecule has 0 radical (unpaired) electrons. The molecule has 29 heavy (non-hydrogen) atoms. The Labute approximate surface area is 171 Å². The molecule has 1 nitrogen and oxygen atoms in total. The van der Waals surface area contributed by atoms with Crippen molar-refractivity contribution in [2.45, 2.75) is 32.6 Å². The lowest BCUT2D eigenvalue weighted by Gasteiger charge is -2.16. The van der Waals surface area contributed by atoms with Gasteiger partial charge in [0.1, 0.15) is 0 Å². The zero-order valence-electron chi connectivity index (χ0n) is 17.1. The number of hydrogen-bond donors (Lipinski definition) is 1. The predicted octanol–water partition coefficient (Wildman–Crippen LogP) is 4.61. The normalized spacial score (nSPS) is 16.0. The SMILES string of the molecule is CC(C)=c1ccc2c(c1C1C=C(CCCO)c3ccccc31)C=c1ccccc1=2. The van der Waals surface area contributed by atoms with Gasteiger partial charge in [0.25, 0.3) is 0 Å². The van der Waals surface area contributed by atoms with Crippen LogP contribution >= 0.6 is 0 Å². The van der Waals surface area contributed by atoms with E-state index in [1.807, 2.05) is 0 Å². The van der Waals surface area contributed by atoms with E-state index in [0.717, 1.165) is 12.8 Å². The monoisotopic (exact) mass is 378 g/mol. The number of rotatable bonds is 4. The van der Waals surface area contributed by atoms with Gasteiger partial charge in [0, 0.05) is 12.5 Å². The first-order chi connectivity index (χ1) is 14.2. The van der Waals surface area contributed by atoms with Crippen LogP contribution in [0.4, 0.5) is 0 Å². The van der Waals surface area contributed by atoms with Crippen molar-refractivity contribution >= 4 is 17.2 Å². The Balaban J connectivity index is 1.83. The van der Waals surface area contributed by atoms with Crippen molar-refractivity contribution in [1.82, 2.24) is 0 Å². The quantitative estimate of drug-likeness (QED) is 0.550. The zero-order valence-corrected chi connectivity index (χ0v) is 17.1. The van der Waals surface area contributed by atoms with Crippen LogP contribution in [-0.2, 0) is 0 Å². The maximum Gasteiger partial charge on any atom is 0.0434 e. The first-order valence-electron chi connectivity index (χ1n) is 10.5. The Hall–Kier alpha value is -2.90. The van der Waals surface area contributed by atoms with E-state index in [1.54, 1.807) is 0 Å². The van der Waals surface area contributed by atoms with E-state index in [2.05, 4.69) is 86.7 Å². The number of aliphatic hydroxyl groups excluding tert-OH is 1. The highest BCUT2D eigenvalue weighted by Crippen LogP contribution is 2.42. The van der Waals surface area contributed by atoms with Crippen LogP contribution in [0.15, 0.2) is 66.7 Å². The second-order valence-electron chi connectivity index (χ2n) is 8.30. The molecule has 3 aromatic rings. The Bertz CT molecular complexity index is 1350. The third-order valence-corrected chi connectivity index (χ3v) is 6.30. The summed E-state index contributed by atoms with van der Waals surface area (Å²) in [5, 5.41) is 14.7. The van der Waals surface area contributed by atoms with Crippen molar-refractivity contribution in [2.75, 3.05) is 6.61 Å². The number of fused-ring (bicyclic) bond motifs is 3. The van der Waals surface area contributed by atoms with Gasteiger partial charge in [0.2, 0.25) is 0 Å². The van der Waals surface area contributed by atoms with Crippen LogP contribution < -0.4 is 10.4 Å². The molecule has 1 heteroatoms. The molecular formula is C28H26O. The van der Waals surface area contributed by atoms with Crippen molar-refractivity contribution in [3.8, 4) is 0 Å². The van der Waals surface area contributed by atoms with Gasteiger partial charge in [0.15, 0.2) is 0 Å². The Morgan fingerprint density at radius 1 is 0.897 bits per heavy atom. The summed E-state index contributed by atoms with van der Waals surface area (Å²) in [5.41, 5.74) is 8.24. The fourth-order valence-corrected chi connectivity index (χ4v) is 4.99. The Kier molecular flexibility index (Phi) is 4.49. The van der Waals surface area contributed by atoms with Crippen molar-refractivity contribution in [2.24, 2.45) is 0 Å². The van der Waals surface area contributed by atoms with Gasteiger partial charge in [-0.05, 0) is 81.5 Å². The molecule has 2 aliphatic carbocycles. The Morgan fingerprint density at radius 2 is 1.69 bits per heavy atom. The van der Waals surface area contributed by atoms with Gasteiger partial charge in [-0.3, -0.25) is 0 Å². The van der Waals surface area contributed by atoms with E-state index in [4.69, 9.17) is 0 Å². The van der Waals surface area contributed by atoms with E-state index in [9.17, 15) is 5.11 Å². The van der Waals surface area contributed by atoms with E-state index < -0.39 is 0 Å². The van der Waals surface area contributed by atoms with Gasteiger partial charge in [-0.1, -0.05) is 72.3 Å². The number of allylic oxidation sites excluding steroid dienone is 2. The van der Waals surface area contributed by atoms with Crippen molar-refractivity contribution < 1.29 is 5.11 Å².